The predicted molar refractivity (Wildman–Crippen MR) is 154 cm³/mol. The van der Waals surface area contributed by atoms with Gasteiger partial charge in [-0.1, -0.05) is 25.5 Å². The highest BCUT2D eigenvalue weighted by Crippen LogP contribution is 2.34. The Morgan fingerprint density at radius 3 is 2.66 bits per heavy atom. The number of furan rings is 1. The zero-order valence-corrected chi connectivity index (χ0v) is 22.4. The second kappa shape index (κ2) is 10.3. The molecule has 9 heteroatoms. The SMILES string of the molecule is CCN(CC)C1CCN(c2ccc(N/C(=C3\C(=N)C(=O)NN=C3N)c3oc4ccc(C)cc4c3C)cc2)C1. The molecule has 1 amide bonds. The molecule has 1 saturated heterocycles. The molecule has 1 unspecified atom stereocenters. The Balaban J connectivity index is 1.50. The highest BCUT2D eigenvalue weighted by Gasteiger charge is 2.30. The van der Waals surface area contributed by atoms with E-state index >= 15 is 0 Å². The number of anilines is 2. The van der Waals surface area contributed by atoms with Gasteiger partial charge in [-0.25, -0.2) is 5.43 Å². The third-order valence-electron chi connectivity index (χ3n) is 7.57. The molecule has 0 bridgehead atoms. The van der Waals surface area contributed by atoms with E-state index in [1.807, 2.05) is 38.1 Å². The molecule has 5 rings (SSSR count). The minimum atomic E-state index is -0.620. The molecule has 3 aromatic rings. The number of amidine groups is 1. The van der Waals surface area contributed by atoms with Gasteiger partial charge in [0.15, 0.2) is 11.6 Å². The maximum atomic E-state index is 12.3. The van der Waals surface area contributed by atoms with Crippen molar-refractivity contribution in [3.8, 4) is 0 Å². The number of aryl methyl sites for hydroxylation is 2. The number of nitrogens with one attached hydrogen (secondary N) is 3. The molecule has 1 fully saturated rings. The largest absolute Gasteiger partial charge is 0.454 e. The molecule has 2 aromatic carbocycles. The number of hydrogen-bond acceptors (Lipinski definition) is 8. The van der Waals surface area contributed by atoms with Crippen LogP contribution in [-0.2, 0) is 4.79 Å². The van der Waals surface area contributed by atoms with Crippen molar-refractivity contribution in [3.05, 3.63) is 64.9 Å². The summed E-state index contributed by atoms with van der Waals surface area (Å²) in [6.45, 7) is 12.6. The number of benzene rings is 2. The summed E-state index contributed by atoms with van der Waals surface area (Å²) in [6.07, 6.45) is 1.16. The quantitative estimate of drug-likeness (QED) is 0.375. The van der Waals surface area contributed by atoms with Crippen molar-refractivity contribution in [2.75, 3.05) is 36.4 Å². The minimum absolute atomic E-state index is 0.0456. The van der Waals surface area contributed by atoms with Gasteiger partial charge < -0.3 is 20.4 Å². The lowest BCUT2D eigenvalue weighted by molar-refractivity contribution is -0.114. The Bertz CT molecular complexity index is 1450. The third kappa shape index (κ3) is 4.65. The van der Waals surface area contributed by atoms with E-state index < -0.39 is 5.91 Å². The fraction of sp³-hybridized carbons (Fsp3) is 0.345. The molecule has 3 heterocycles. The monoisotopic (exact) mass is 513 g/mol. The van der Waals surface area contributed by atoms with E-state index in [4.69, 9.17) is 15.6 Å². The second-order valence-electron chi connectivity index (χ2n) is 9.90. The van der Waals surface area contributed by atoms with Gasteiger partial charge in [-0.05, 0) is 69.8 Å². The molecule has 5 N–H and O–H groups in total. The topological polar surface area (TPSA) is 123 Å². The molecule has 2 aliphatic heterocycles. The second-order valence-corrected chi connectivity index (χ2v) is 9.90. The van der Waals surface area contributed by atoms with Gasteiger partial charge in [0.05, 0.1) is 11.3 Å². The van der Waals surface area contributed by atoms with Gasteiger partial charge in [0.25, 0.3) is 5.91 Å². The molecule has 198 valence electrons. The van der Waals surface area contributed by atoms with Crippen LogP contribution in [0.2, 0.25) is 0 Å². The maximum Gasteiger partial charge on any atom is 0.290 e. The number of rotatable bonds is 7. The summed E-state index contributed by atoms with van der Waals surface area (Å²) in [7, 11) is 0. The van der Waals surface area contributed by atoms with Gasteiger partial charge in [0.1, 0.15) is 11.3 Å². The molecule has 0 spiro atoms. The lowest BCUT2D eigenvalue weighted by atomic mass is 10.0. The molecule has 2 aliphatic rings. The summed E-state index contributed by atoms with van der Waals surface area (Å²) in [5, 5.41) is 16.8. The van der Waals surface area contributed by atoms with Gasteiger partial charge in [0, 0.05) is 41.5 Å². The fourth-order valence-corrected chi connectivity index (χ4v) is 5.44. The van der Waals surface area contributed by atoms with Gasteiger partial charge in [0.2, 0.25) is 0 Å². The number of nitrogens with two attached hydrogens (primary N) is 1. The van der Waals surface area contributed by atoms with Crippen molar-refractivity contribution in [1.82, 2.24) is 10.3 Å². The van der Waals surface area contributed by atoms with Crippen molar-refractivity contribution in [3.63, 3.8) is 0 Å². The summed E-state index contributed by atoms with van der Waals surface area (Å²) in [6, 6.07) is 14.8. The van der Waals surface area contributed by atoms with Crippen molar-refractivity contribution >= 4 is 45.5 Å². The molecular formula is C29H35N7O2. The molecule has 38 heavy (non-hydrogen) atoms. The molecule has 1 atom stereocenters. The van der Waals surface area contributed by atoms with Crippen LogP contribution in [0.5, 0.6) is 0 Å². The molecule has 0 aliphatic carbocycles. The zero-order chi connectivity index (χ0) is 27.0. The number of amides is 1. The van der Waals surface area contributed by atoms with E-state index in [2.05, 4.69) is 57.7 Å². The van der Waals surface area contributed by atoms with Crippen molar-refractivity contribution < 1.29 is 9.21 Å². The van der Waals surface area contributed by atoms with E-state index in [-0.39, 0.29) is 17.1 Å². The van der Waals surface area contributed by atoms with Crippen LogP contribution in [0.3, 0.4) is 0 Å². The van der Waals surface area contributed by atoms with Crippen LogP contribution in [0, 0.1) is 19.3 Å². The number of hydrazone groups is 1. The van der Waals surface area contributed by atoms with Crippen LogP contribution in [0.25, 0.3) is 16.7 Å². The number of fused-ring (bicyclic) bond motifs is 1. The first-order chi connectivity index (χ1) is 18.3. The summed E-state index contributed by atoms with van der Waals surface area (Å²) >= 11 is 0. The third-order valence-corrected chi connectivity index (χ3v) is 7.57. The zero-order valence-electron chi connectivity index (χ0n) is 22.4. The number of carbonyl (C=O) groups excluding carboxylic acids is 1. The van der Waals surface area contributed by atoms with Crippen molar-refractivity contribution in [2.24, 2.45) is 10.8 Å². The highest BCUT2D eigenvalue weighted by atomic mass is 16.3. The lowest BCUT2D eigenvalue weighted by Crippen LogP contribution is -2.40. The van der Waals surface area contributed by atoms with E-state index in [1.165, 1.54) is 5.69 Å². The van der Waals surface area contributed by atoms with Gasteiger partial charge >= 0.3 is 0 Å². The van der Waals surface area contributed by atoms with E-state index in [0.29, 0.717) is 17.5 Å². The first kappa shape index (κ1) is 25.5. The van der Waals surface area contributed by atoms with Crippen LogP contribution in [0.1, 0.15) is 37.2 Å². The first-order valence-corrected chi connectivity index (χ1v) is 13.1. The summed E-state index contributed by atoms with van der Waals surface area (Å²) in [4.78, 5) is 17.3. The van der Waals surface area contributed by atoms with E-state index in [9.17, 15) is 4.79 Å². The van der Waals surface area contributed by atoms with Crippen LogP contribution in [-0.4, -0.2) is 54.6 Å². The Morgan fingerprint density at radius 2 is 1.95 bits per heavy atom. The van der Waals surface area contributed by atoms with Crippen molar-refractivity contribution in [1.29, 1.82) is 5.41 Å². The number of carbonyl (C=O) groups is 1. The summed E-state index contributed by atoms with van der Waals surface area (Å²) in [5.41, 5.74) is 13.5. The maximum absolute atomic E-state index is 12.3. The van der Waals surface area contributed by atoms with E-state index in [1.54, 1.807) is 0 Å². The average molecular weight is 514 g/mol. The van der Waals surface area contributed by atoms with Gasteiger partial charge in [-0.2, -0.15) is 5.10 Å². The molecule has 0 saturated carbocycles. The van der Waals surface area contributed by atoms with Crippen LogP contribution in [0.15, 0.2) is 57.6 Å². The lowest BCUT2D eigenvalue weighted by Gasteiger charge is -2.26. The smallest absolute Gasteiger partial charge is 0.290 e. The molecule has 1 aromatic heterocycles. The fourth-order valence-electron chi connectivity index (χ4n) is 5.44. The Morgan fingerprint density at radius 1 is 1.21 bits per heavy atom. The summed E-state index contributed by atoms with van der Waals surface area (Å²) < 4.78 is 6.26. The van der Waals surface area contributed by atoms with Crippen LogP contribution < -0.4 is 21.4 Å². The normalized spacial score (nSPS) is 19.2. The standard InChI is InChI=1S/C29H35N7O2/c1-5-35(6-2)21-13-14-36(16-21)20-10-8-19(9-11-20)32-26(24-25(30)29(37)34-33-28(24)31)27-18(4)22-15-17(3)7-12-23(22)38-27/h7-12,15,21,30,32H,5-6,13-14,16H2,1-4H3,(H2,31,33)(H,34,37)/b26-24+,30-25?. The van der Waals surface area contributed by atoms with Gasteiger partial charge in [-0.15, -0.1) is 0 Å². The average Bonchev–Trinajstić information content (AvgIpc) is 3.52. The predicted octanol–water partition coefficient (Wildman–Crippen LogP) is 4.22. The minimum Gasteiger partial charge on any atom is -0.454 e. The summed E-state index contributed by atoms with van der Waals surface area (Å²) in [5.74, 6) is -0.0570. The van der Waals surface area contributed by atoms with Crippen LogP contribution in [0.4, 0.5) is 11.4 Å². The Kier molecular flexibility index (Phi) is 6.94. The van der Waals surface area contributed by atoms with Crippen LogP contribution >= 0.6 is 0 Å². The Hall–Kier alpha value is -4.11. The molecular weight excluding hydrogens is 478 g/mol. The Labute approximate surface area is 222 Å². The number of nitrogens with zero attached hydrogens (tertiary/aromatic N) is 3. The van der Waals surface area contributed by atoms with E-state index in [0.717, 1.165) is 60.4 Å². The highest BCUT2D eigenvalue weighted by molar-refractivity contribution is 6.53. The molecule has 0 radical (unpaired) electrons. The number of likely N-dealkylation sites (N-methyl/N-ethyl adjacent to an activating group) is 1. The first-order valence-electron chi connectivity index (χ1n) is 13.1. The number of hydrogen-bond donors (Lipinski definition) is 4. The van der Waals surface area contributed by atoms with Gasteiger partial charge in [-0.3, -0.25) is 15.1 Å². The molecule has 9 nitrogen and oxygen atoms in total. The van der Waals surface area contributed by atoms with Crippen molar-refractivity contribution in [2.45, 2.75) is 40.2 Å².